The number of primary amides is 1. The van der Waals surface area contributed by atoms with Crippen LogP contribution in [0.1, 0.15) is 78.9 Å². The molecule has 0 saturated carbocycles. The van der Waals surface area contributed by atoms with E-state index in [1.807, 2.05) is 57.2 Å². The number of nitrogens with one attached hydrogen (secondary N) is 2. The molecule has 6 aliphatic rings. The molecule has 5 fully saturated rings. The van der Waals surface area contributed by atoms with Crippen molar-refractivity contribution in [2.75, 3.05) is 90.9 Å². The lowest BCUT2D eigenvalue weighted by Crippen LogP contribution is -2.50. The van der Waals surface area contributed by atoms with E-state index in [9.17, 15) is 24.0 Å². The molecule has 0 aliphatic carbocycles. The van der Waals surface area contributed by atoms with E-state index in [-0.39, 0.29) is 47.7 Å². The number of urea groups is 1. The Bertz CT molecular complexity index is 2510. The van der Waals surface area contributed by atoms with Crippen molar-refractivity contribution < 1.29 is 24.0 Å². The number of piperidine rings is 4. The highest BCUT2D eigenvalue weighted by Crippen LogP contribution is 2.39. The summed E-state index contributed by atoms with van der Waals surface area (Å²) in [7, 11) is 1.80. The number of carbonyl (C=O) groups excluding carboxylic acids is 5. The Morgan fingerprint density at radius 1 is 0.791 bits per heavy atom. The van der Waals surface area contributed by atoms with E-state index in [0.29, 0.717) is 56.8 Å². The first kappa shape index (κ1) is 44.2. The van der Waals surface area contributed by atoms with Gasteiger partial charge in [-0.2, -0.15) is 4.98 Å². The third kappa shape index (κ3) is 9.25. The molecule has 3 unspecified atom stereocenters. The summed E-state index contributed by atoms with van der Waals surface area (Å²) in [5.41, 5.74) is 11.8. The number of fused-ring (bicyclic) bond motifs is 1. The molecule has 4 aromatic rings. The summed E-state index contributed by atoms with van der Waals surface area (Å²) in [6, 6.07) is 24.5. The van der Waals surface area contributed by atoms with Crippen LogP contribution in [0, 0.1) is 17.8 Å². The molecule has 5 saturated heterocycles. The van der Waals surface area contributed by atoms with Crippen molar-refractivity contribution in [2.24, 2.45) is 23.5 Å². The average molecular weight is 909 g/mol. The van der Waals surface area contributed by atoms with E-state index in [1.165, 1.54) is 5.56 Å². The number of amides is 6. The maximum absolute atomic E-state index is 13.5. The lowest BCUT2D eigenvalue weighted by Gasteiger charge is -2.39. The lowest BCUT2D eigenvalue weighted by molar-refractivity contribution is -0.141. The Morgan fingerprint density at radius 2 is 1.57 bits per heavy atom. The number of para-hydroxylation sites is 1. The molecule has 6 amide bonds. The van der Waals surface area contributed by atoms with Gasteiger partial charge in [0.05, 0.1) is 17.9 Å². The summed E-state index contributed by atoms with van der Waals surface area (Å²) < 4.78 is 0. The van der Waals surface area contributed by atoms with Gasteiger partial charge in [-0.05, 0) is 124 Å². The molecule has 6 aliphatic heterocycles. The molecule has 67 heavy (non-hydrogen) atoms. The van der Waals surface area contributed by atoms with Crippen LogP contribution in [0.4, 0.5) is 39.3 Å². The Labute approximate surface area is 391 Å². The quantitative estimate of drug-likeness (QED) is 0.173. The third-order valence-electron chi connectivity index (χ3n) is 15.2. The van der Waals surface area contributed by atoms with Crippen molar-refractivity contribution >= 4 is 64.2 Å². The Hall–Kier alpha value is -6.62. The summed E-state index contributed by atoms with van der Waals surface area (Å²) in [6.45, 7) is 7.73. The predicted molar refractivity (Wildman–Crippen MR) is 255 cm³/mol. The lowest BCUT2D eigenvalue weighted by atomic mass is 9.78. The molecule has 17 heteroatoms. The Morgan fingerprint density at radius 3 is 2.31 bits per heavy atom. The van der Waals surface area contributed by atoms with Gasteiger partial charge in [-0.1, -0.05) is 36.4 Å². The van der Waals surface area contributed by atoms with Crippen LogP contribution < -0.4 is 36.0 Å². The number of nitrogens with two attached hydrogens (primary N) is 1. The smallest absolute Gasteiger partial charge is 0.324 e. The minimum absolute atomic E-state index is 0.000819. The fourth-order valence-corrected chi connectivity index (χ4v) is 11.3. The average Bonchev–Trinajstić information content (AvgIpc) is 3.74. The van der Waals surface area contributed by atoms with Crippen LogP contribution in [0.15, 0.2) is 72.8 Å². The SMILES string of the molecule is CN1C(=O)C(C2CCC(=O)NC2=O)Cc2ccc(N3CCC(CN4CCC(c5ccc(Nc6nc(N7CCCC(N8CCN(c9ccccc9)C8=O)C7)nnc6C(N)=O)cc5)CC4)CC3)cc21. The molecule has 350 valence electrons. The monoisotopic (exact) mass is 908 g/mol. The number of likely N-dealkylation sites (tertiary alicyclic amines) is 1. The molecular weight excluding hydrogens is 849 g/mol. The van der Waals surface area contributed by atoms with Gasteiger partial charge in [0.25, 0.3) is 5.91 Å². The van der Waals surface area contributed by atoms with E-state index in [1.54, 1.807) is 11.9 Å². The largest absolute Gasteiger partial charge is 0.371 e. The third-order valence-corrected chi connectivity index (χ3v) is 15.2. The minimum Gasteiger partial charge on any atom is -0.371 e. The van der Waals surface area contributed by atoms with Gasteiger partial charge < -0.3 is 35.6 Å². The second-order valence-corrected chi connectivity index (χ2v) is 19.2. The highest BCUT2D eigenvalue weighted by molar-refractivity contribution is 6.04. The minimum atomic E-state index is -0.714. The highest BCUT2D eigenvalue weighted by Gasteiger charge is 2.42. The van der Waals surface area contributed by atoms with Gasteiger partial charge in [-0.3, -0.25) is 29.4 Å². The number of benzene rings is 3. The maximum atomic E-state index is 13.5. The van der Waals surface area contributed by atoms with Crippen LogP contribution in [0.2, 0.25) is 0 Å². The standard InChI is InChI=1S/C50H60N12O5/c1-57-42-29-38(14-11-35(42)28-41(48(57)66)40-15-16-43(63)53-47(40)65)59-24-17-32(18-25-59)30-58-22-19-34(20-23-58)33-9-12-36(13-10-33)52-46-44(45(51)64)55-56-49(54-46)60-21-5-8-39(31-60)62-27-26-61(50(62)67)37-6-3-2-4-7-37/h2-4,6-7,9-14,29,32,34,39-41H,5,8,15-28,30-31H2,1H3,(H2,51,64)(H,52,54,56)(H,53,63,65). The van der Waals surface area contributed by atoms with Crippen LogP contribution >= 0.6 is 0 Å². The van der Waals surface area contributed by atoms with Gasteiger partial charge in [-0.25, -0.2) is 4.79 Å². The summed E-state index contributed by atoms with van der Waals surface area (Å²) >= 11 is 0. The number of carbonyl (C=O) groups is 5. The number of aromatic nitrogens is 3. The van der Waals surface area contributed by atoms with E-state index in [0.717, 1.165) is 99.6 Å². The van der Waals surface area contributed by atoms with Crippen molar-refractivity contribution in [3.8, 4) is 0 Å². The number of rotatable bonds is 11. The zero-order chi connectivity index (χ0) is 46.2. The van der Waals surface area contributed by atoms with Gasteiger partial charge in [0.2, 0.25) is 23.7 Å². The Balaban J connectivity index is 0.698. The first-order valence-electron chi connectivity index (χ1n) is 24.1. The highest BCUT2D eigenvalue weighted by atomic mass is 16.2. The van der Waals surface area contributed by atoms with Crippen molar-refractivity contribution in [3.63, 3.8) is 0 Å². The van der Waals surface area contributed by atoms with E-state index < -0.39 is 17.7 Å². The summed E-state index contributed by atoms with van der Waals surface area (Å²) in [4.78, 5) is 81.1. The van der Waals surface area contributed by atoms with Crippen LogP contribution in [0.3, 0.4) is 0 Å². The Kier molecular flexibility index (Phi) is 12.5. The predicted octanol–water partition coefficient (Wildman–Crippen LogP) is 4.91. The molecule has 17 nitrogen and oxygen atoms in total. The number of anilines is 6. The van der Waals surface area contributed by atoms with Crippen LogP contribution in [0.25, 0.3) is 0 Å². The molecule has 7 heterocycles. The normalized spacial score (nSPS) is 23.4. The molecule has 0 bridgehead atoms. The number of hydrogen-bond donors (Lipinski definition) is 3. The van der Waals surface area contributed by atoms with Gasteiger partial charge in [0, 0.05) is 82.0 Å². The fraction of sp³-hybridized carbons (Fsp3) is 0.480. The first-order chi connectivity index (χ1) is 32.6. The van der Waals surface area contributed by atoms with Gasteiger partial charge in [0.15, 0.2) is 11.5 Å². The molecule has 0 radical (unpaired) electrons. The molecule has 10 rings (SSSR count). The number of nitrogens with zero attached hydrogens (tertiary/aromatic N) is 9. The van der Waals surface area contributed by atoms with Crippen LogP contribution in [-0.4, -0.2) is 127 Å². The van der Waals surface area contributed by atoms with Crippen molar-refractivity contribution in [2.45, 2.75) is 69.7 Å². The van der Waals surface area contributed by atoms with Crippen molar-refractivity contribution in [1.82, 2.24) is 30.3 Å². The van der Waals surface area contributed by atoms with Gasteiger partial charge in [0.1, 0.15) is 0 Å². The second kappa shape index (κ2) is 18.9. The molecule has 1 aromatic heterocycles. The molecule has 0 spiro atoms. The summed E-state index contributed by atoms with van der Waals surface area (Å²) in [6.07, 6.45) is 7.36. The summed E-state index contributed by atoms with van der Waals surface area (Å²) in [5.74, 6) is -0.549. The van der Waals surface area contributed by atoms with Crippen LogP contribution in [-0.2, 0) is 20.8 Å². The number of imide groups is 1. The molecular formula is C50H60N12O5. The van der Waals surface area contributed by atoms with Crippen molar-refractivity contribution in [3.05, 3.63) is 89.6 Å². The molecule has 3 atom stereocenters. The number of hydrogen-bond acceptors (Lipinski definition) is 12. The van der Waals surface area contributed by atoms with E-state index in [2.05, 4.69) is 61.0 Å². The van der Waals surface area contributed by atoms with Crippen molar-refractivity contribution in [1.29, 1.82) is 0 Å². The van der Waals surface area contributed by atoms with E-state index in [4.69, 9.17) is 10.7 Å². The second-order valence-electron chi connectivity index (χ2n) is 19.2. The molecule has 3 aromatic carbocycles. The fourth-order valence-electron chi connectivity index (χ4n) is 11.3. The zero-order valence-electron chi connectivity index (χ0n) is 38.2. The first-order valence-corrected chi connectivity index (χ1v) is 24.1. The van der Waals surface area contributed by atoms with Gasteiger partial charge in [-0.15, -0.1) is 10.2 Å². The zero-order valence-corrected chi connectivity index (χ0v) is 38.2. The van der Waals surface area contributed by atoms with Gasteiger partial charge >= 0.3 is 6.03 Å². The topological polar surface area (TPSA) is 194 Å². The van der Waals surface area contributed by atoms with E-state index >= 15 is 0 Å². The summed E-state index contributed by atoms with van der Waals surface area (Å²) in [5, 5.41) is 14.3. The molecule has 4 N–H and O–H groups in total. The maximum Gasteiger partial charge on any atom is 0.324 e. The van der Waals surface area contributed by atoms with Crippen LogP contribution in [0.5, 0.6) is 0 Å².